The molecular weight excluding hydrogens is 1030 g/mol. The Kier molecular flexibility index (Phi) is 11.5. The fraction of sp³-hybridized carbons (Fsp3) is 0. The number of nitrogens with zero attached hydrogens (tertiary/aromatic N) is 4. The van der Waals surface area contributed by atoms with Gasteiger partial charge in [-0.05, 0) is 134 Å². The van der Waals surface area contributed by atoms with Gasteiger partial charge in [-0.15, -0.1) is 0 Å². The van der Waals surface area contributed by atoms with Crippen molar-refractivity contribution in [2.75, 3.05) is 0 Å². The van der Waals surface area contributed by atoms with Gasteiger partial charge in [0, 0.05) is 38.2 Å². The number of aromatic nitrogens is 4. The lowest BCUT2D eigenvalue weighted by Crippen LogP contribution is -1.97. The standard InChI is InChI=1S/C42H26N2.C36H21ClN2/c1-3-13-27(14-4-1)40-39-26-37(34-21-11-12-22-36(34)41(39)44-42(43-40)28-15-5-2-6-16-28)29-23-24-35-32-19-8-7-17-30(32)31-18-9-10-20-33(31)38(35)25-29;37-36-38-34(22-10-2-1-3-11-22)33-21-31(28-16-8-9-17-30(28)35(33)39-36)23-18-19-29-26-14-5-4-12-24(26)25-13-6-7-15-27(25)32(29)20-23/h1-26H;1-21H. The summed E-state index contributed by atoms with van der Waals surface area (Å²) >= 11 is 6.48. The second-order valence-corrected chi connectivity index (χ2v) is 21.6. The van der Waals surface area contributed by atoms with Gasteiger partial charge < -0.3 is 0 Å². The summed E-state index contributed by atoms with van der Waals surface area (Å²) in [4.78, 5) is 19.8. The Morgan fingerprint density at radius 2 is 0.494 bits per heavy atom. The normalized spacial score (nSPS) is 11.7. The van der Waals surface area contributed by atoms with Crippen molar-refractivity contribution in [3.8, 4) is 56.2 Å². The smallest absolute Gasteiger partial charge is 0.223 e. The van der Waals surface area contributed by atoms with E-state index in [1.165, 1.54) is 81.1 Å². The lowest BCUT2D eigenvalue weighted by atomic mass is 9.89. The van der Waals surface area contributed by atoms with E-state index >= 15 is 0 Å². The molecule has 386 valence electrons. The second-order valence-electron chi connectivity index (χ2n) is 21.3. The summed E-state index contributed by atoms with van der Waals surface area (Å²) in [6.07, 6.45) is 0. The molecule has 0 amide bonds. The Labute approximate surface area is 483 Å². The lowest BCUT2D eigenvalue weighted by Gasteiger charge is -2.16. The molecule has 2 heterocycles. The summed E-state index contributed by atoms with van der Waals surface area (Å²) in [7, 11) is 0. The highest BCUT2D eigenvalue weighted by Gasteiger charge is 2.20. The van der Waals surface area contributed by atoms with Gasteiger partial charge in [0.1, 0.15) is 0 Å². The van der Waals surface area contributed by atoms with Crippen molar-refractivity contribution in [2.24, 2.45) is 0 Å². The van der Waals surface area contributed by atoms with E-state index in [1.54, 1.807) is 0 Å². The quantitative estimate of drug-likeness (QED) is 0.127. The van der Waals surface area contributed by atoms with Gasteiger partial charge in [-0.1, -0.05) is 261 Å². The summed E-state index contributed by atoms with van der Waals surface area (Å²) in [5, 5.41) is 22.1. The first-order chi connectivity index (χ1) is 41.1. The average Bonchev–Trinajstić information content (AvgIpc) is 3.37. The van der Waals surface area contributed by atoms with E-state index in [9.17, 15) is 0 Å². The lowest BCUT2D eigenvalue weighted by molar-refractivity contribution is 1.23. The molecule has 0 saturated carbocycles. The van der Waals surface area contributed by atoms with Crippen LogP contribution in [0.2, 0.25) is 5.28 Å². The van der Waals surface area contributed by atoms with Crippen LogP contribution in [0.25, 0.3) is 164 Å². The molecule has 2 aromatic heterocycles. The molecule has 0 unspecified atom stereocenters. The third kappa shape index (κ3) is 8.14. The maximum Gasteiger partial charge on any atom is 0.223 e. The maximum atomic E-state index is 6.48. The average molecular weight is 1080 g/mol. The third-order valence-electron chi connectivity index (χ3n) is 16.6. The zero-order chi connectivity index (χ0) is 55.0. The van der Waals surface area contributed by atoms with Crippen LogP contribution in [0.4, 0.5) is 0 Å². The molecule has 4 nitrogen and oxygen atoms in total. The van der Waals surface area contributed by atoms with Gasteiger partial charge in [-0.3, -0.25) is 0 Å². The molecule has 0 radical (unpaired) electrons. The molecule has 0 aliphatic rings. The molecule has 0 N–H and O–H groups in total. The highest BCUT2D eigenvalue weighted by atomic mass is 35.5. The summed E-state index contributed by atoms with van der Waals surface area (Å²) < 4.78 is 0. The van der Waals surface area contributed by atoms with Crippen LogP contribution in [0.3, 0.4) is 0 Å². The minimum atomic E-state index is 0.253. The van der Waals surface area contributed by atoms with Crippen LogP contribution in [0, 0.1) is 0 Å². The Morgan fingerprint density at radius 3 is 0.892 bits per heavy atom. The van der Waals surface area contributed by atoms with Crippen LogP contribution in [0.1, 0.15) is 0 Å². The molecule has 17 rings (SSSR count). The van der Waals surface area contributed by atoms with Gasteiger partial charge in [0.2, 0.25) is 5.28 Å². The van der Waals surface area contributed by atoms with Crippen molar-refractivity contribution in [1.29, 1.82) is 0 Å². The van der Waals surface area contributed by atoms with E-state index in [4.69, 9.17) is 31.5 Å². The molecule has 83 heavy (non-hydrogen) atoms. The van der Waals surface area contributed by atoms with Gasteiger partial charge in [-0.2, -0.15) is 0 Å². The molecule has 0 aliphatic carbocycles. The summed E-state index contributed by atoms with van der Waals surface area (Å²) in [6, 6.07) is 101. The number of hydrogen-bond donors (Lipinski definition) is 0. The van der Waals surface area contributed by atoms with Crippen molar-refractivity contribution < 1.29 is 0 Å². The fourth-order valence-corrected chi connectivity index (χ4v) is 13.0. The van der Waals surface area contributed by atoms with Crippen molar-refractivity contribution in [3.05, 3.63) is 290 Å². The molecular formula is C78H47ClN4. The molecule has 0 bridgehead atoms. The van der Waals surface area contributed by atoms with E-state index in [0.717, 1.165) is 83.0 Å². The zero-order valence-electron chi connectivity index (χ0n) is 44.8. The zero-order valence-corrected chi connectivity index (χ0v) is 45.6. The van der Waals surface area contributed by atoms with E-state index in [-0.39, 0.29) is 5.28 Å². The maximum absolute atomic E-state index is 6.48. The van der Waals surface area contributed by atoms with Crippen LogP contribution in [0.5, 0.6) is 0 Å². The summed E-state index contributed by atoms with van der Waals surface area (Å²) in [5.74, 6) is 0.735. The Morgan fingerprint density at radius 1 is 0.193 bits per heavy atom. The highest BCUT2D eigenvalue weighted by Crippen LogP contribution is 2.44. The molecule has 15 aromatic carbocycles. The molecule has 0 saturated heterocycles. The Hall–Kier alpha value is -10.7. The topological polar surface area (TPSA) is 51.6 Å². The van der Waals surface area contributed by atoms with Crippen molar-refractivity contribution in [3.63, 3.8) is 0 Å². The Balaban J connectivity index is 0.000000137. The first-order valence-corrected chi connectivity index (χ1v) is 28.4. The second kappa shape index (κ2) is 19.9. The van der Waals surface area contributed by atoms with Crippen LogP contribution < -0.4 is 0 Å². The van der Waals surface area contributed by atoms with Crippen molar-refractivity contribution in [1.82, 2.24) is 19.9 Å². The van der Waals surface area contributed by atoms with Crippen molar-refractivity contribution in [2.45, 2.75) is 0 Å². The molecule has 0 fully saturated rings. The van der Waals surface area contributed by atoms with Gasteiger partial charge in [-0.25, -0.2) is 19.9 Å². The number of rotatable bonds is 5. The van der Waals surface area contributed by atoms with Gasteiger partial charge in [0.15, 0.2) is 5.82 Å². The van der Waals surface area contributed by atoms with E-state index in [0.29, 0.717) is 0 Å². The van der Waals surface area contributed by atoms with Crippen LogP contribution in [-0.2, 0) is 0 Å². The van der Waals surface area contributed by atoms with E-state index in [1.807, 2.05) is 36.4 Å². The number of benzene rings is 15. The molecule has 0 atom stereocenters. The predicted molar refractivity (Wildman–Crippen MR) is 351 cm³/mol. The third-order valence-corrected chi connectivity index (χ3v) is 16.8. The molecule has 0 aliphatic heterocycles. The van der Waals surface area contributed by atoms with E-state index in [2.05, 4.69) is 249 Å². The highest BCUT2D eigenvalue weighted by molar-refractivity contribution is 6.30. The van der Waals surface area contributed by atoms with E-state index < -0.39 is 0 Å². The molecule has 17 aromatic rings. The molecule has 5 heteroatoms. The SMILES string of the molecule is Clc1nc(-c2ccccc2)c2cc(-c3ccc4c5ccccc5c5ccccc5c4c3)c3ccccc3c2n1.c1ccc(-c2nc(-c3ccccc3)c3cc(-c4ccc5c6ccccc6c6ccccc6c5c4)c4ccccc4c3n2)cc1. The monoisotopic (exact) mass is 1070 g/mol. The van der Waals surface area contributed by atoms with Gasteiger partial charge >= 0.3 is 0 Å². The first-order valence-electron chi connectivity index (χ1n) is 28.1. The molecule has 0 spiro atoms. The van der Waals surface area contributed by atoms with Crippen LogP contribution in [0.15, 0.2) is 285 Å². The summed E-state index contributed by atoms with van der Waals surface area (Å²) in [6.45, 7) is 0. The minimum absolute atomic E-state index is 0.253. The minimum Gasteiger partial charge on any atom is -0.227 e. The number of hydrogen-bond acceptors (Lipinski definition) is 4. The van der Waals surface area contributed by atoms with Gasteiger partial charge in [0.05, 0.1) is 22.4 Å². The number of halogens is 1. The largest absolute Gasteiger partial charge is 0.227 e. The van der Waals surface area contributed by atoms with Crippen molar-refractivity contribution >= 4 is 120 Å². The van der Waals surface area contributed by atoms with Crippen LogP contribution >= 0.6 is 11.6 Å². The predicted octanol–water partition coefficient (Wildman–Crippen LogP) is 21.5. The fourth-order valence-electron chi connectivity index (χ4n) is 12.9. The van der Waals surface area contributed by atoms with Crippen LogP contribution in [-0.4, -0.2) is 19.9 Å². The first kappa shape index (κ1) is 48.3. The van der Waals surface area contributed by atoms with Gasteiger partial charge in [0.25, 0.3) is 0 Å². The Bertz CT molecular complexity index is 5380. The summed E-state index contributed by atoms with van der Waals surface area (Å²) in [5.41, 5.74) is 11.4. The number of fused-ring (bicyclic) bond motifs is 18.